The summed E-state index contributed by atoms with van der Waals surface area (Å²) in [5, 5.41) is 0. The second-order valence-corrected chi connectivity index (χ2v) is 6.96. The van der Waals surface area contributed by atoms with Crippen LogP contribution in [0.4, 0.5) is 0 Å². The molecule has 1 aliphatic carbocycles. The summed E-state index contributed by atoms with van der Waals surface area (Å²) in [6.45, 7) is 10.6. The third-order valence-corrected chi connectivity index (χ3v) is 4.37. The first-order valence-electron chi connectivity index (χ1n) is 7.54. The van der Waals surface area contributed by atoms with Gasteiger partial charge in [-0.3, -0.25) is 9.59 Å². The molecule has 0 radical (unpaired) electrons. The summed E-state index contributed by atoms with van der Waals surface area (Å²) in [7, 11) is 0. The van der Waals surface area contributed by atoms with E-state index < -0.39 is 11.9 Å². The van der Waals surface area contributed by atoms with Crippen LogP contribution in [0.1, 0.15) is 66.7 Å². The SMILES string of the molecule is CCOC(=O)CC(=O)O[C@H](C)C1(C)CCCC(C)(C)C1. The van der Waals surface area contributed by atoms with Crippen molar-refractivity contribution in [1.29, 1.82) is 0 Å². The van der Waals surface area contributed by atoms with Crippen LogP contribution >= 0.6 is 0 Å². The van der Waals surface area contributed by atoms with Crippen LogP contribution in [0, 0.1) is 10.8 Å². The highest BCUT2D eigenvalue weighted by Gasteiger charge is 2.41. The van der Waals surface area contributed by atoms with Crippen LogP contribution in [-0.4, -0.2) is 24.6 Å². The van der Waals surface area contributed by atoms with E-state index in [0.29, 0.717) is 0 Å². The smallest absolute Gasteiger partial charge is 0.317 e. The quantitative estimate of drug-likeness (QED) is 0.573. The molecule has 1 rings (SSSR count). The van der Waals surface area contributed by atoms with Crippen LogP contribution in [-0.2, 0) is 19.1 Å². The first-order chi connectivity index (χ1) is 9.18. The molecule has 0 aromatic carbocycles. The van der Waals surface area contributed by atoms with E-state index in [9.17, 15) is 9.59 Å². The number of hydrogen-bond acceptors (Lipinski definition) is 4. The molecule has 1 fully saturated rings. The van der Waals surface area contributed by atoms with Crippen molar-refractivity contribution >= 4 is 11.9 Å². The van der Waals surface area contributed by atoms with Gasteiger partial charge in [-0.1, -0.05) is 27.2 Å². The fourth-order valence-electron chi connectivity index (χ4n) is 3.30. The van der Waals surface area contributed by atoms with E-state index in [1.165, 1.54) is 6.42 Å². The molecule has 0 aliphatic heterocycles. The molecule has 1 aliphatic rings. The maximum absolute atomic E-state index is 11.8. The Kier molecular flexibility index (Phi) is 5.60. The summed E-state index contributed by atoms with van der Waals surface area (Å²) in [4.78, 5) is 23.0. The summed E-state index contributed by atoms with van der Waals surface area (Å²) >= 11 is 0. The standard InChI is InChI=1S/C16H28O4/c1-6-19-13(17)10-14(18)20-12(2)16(5)9-7-8-15(3,4)11-16/h12H,6-11H2,1-5H3/t12-,16?/m1/s1. The fraction of sp³-hybridized carbons (Fsp3) is 0.875. The first-order valence-corrected chi connectivity index (χ1v) is 7.54. The van der Waals surface area contributed by atoms with Gasteiger partial charge in [0.05, 0.1) is 6.61 Å². The maximum atomic E-state index is 11.8. The van der Waals surface area contributed by atoms with E-state index in [1.807, 2.05) is 6.92 Å². The molecule has 4 nitrogen and oxygen atoms in total. The van der Waals surface area contributed by atoms with Crippen LogP contribution in [0.5, 0.6) is 0 Å². The third kappa shape index (κ3) is 4.80. The van der Waals surface area contributed by atoms with Gasteiger partial charge in [0.2, 0.25) is 0 Å². The van der Waals surface area contributed by atoms with E-state index in [-0.39, 0.29) is 30.0 Å². The van der Waals surface area contributed by atoms with E-state index >= 15 is 0 Å². The normalized spacial score (nSPS) is 26.6. The zero-order valence-electron chi connectivity index (χ0n) is 13.5. The molecule has 0 saturated heterocycles. The lowest BCUT2D eigenvalue weighted by Crippen LogP contribution is -2.41. The van der Waals surface area contributed by atoms with Gasteiger partial charge in [0.15, 0.2) is 0 Å². The highest BCUT2D eigenvalue weighted by Crippen LogP contribution is 2.48. The van der Waals surface area contributed by atoms with Crippen LogP contribution in [0.2, 0.25) is 0 Å². The van der Waals surface area contributed by atoms with Gasteiger partial charge in [0, 0.05) is 5.41 Å². The second kappa shape index (κ2) is 6.59. The van der Waals surface area contributed by atoms with Crippen LogP contribution < -0.4 is 0 Å². The Bertz CT molecular complexity index is 361. The van der Waals surface area contributed by atoms with Crippen molar-refractivity contribution in [3.8, 4) is 0 Å². The van der Waals surface area contributed by atoms with Crippen molar-refractivity contribution in [2.24, 2.45) is 10.8 Å². The molecule has 116 valence electrons. The Labute approximate surface area is 122 Å². The van der Waals surface area contributed by atoms with Gasteiger partial charge < -0.3 is 9.47 Å². The number of ether oxygens (including phenoxy) is 2. The largest absolute Gasteiger partial charge is 0.466 e. The Morgan fingerprint density at radius 1 is 1.15 bits per heavy atom. The Morgan fingerprint density at radius 3 is 2.35 bits per heavy atom. The maximum Gasteiger partial charge on any atom is 0.317 e. The zero-order valence-corrected chi connectivity index (χ0v) is 13.5. The summed E-state index contributed by atoms with van der Waals surface area (Å²) < 4.78 is 10.2. The average molecular weight is 284 g/mol. The van der Waals surface area contributed by atoms with E-state index in [1.54, 1.807) is 6.92 Å². The van der Waals surface area contributed by atoms with Gasteiger partial charge in [-0.15, -0.1) is 0 Å². The molecular formula is C16H28O4. The predicted octanol–water partition coefficient (Wildman–Crippen LogP) is 3.48. The first kappa shape index (κ1) is 17.0. The Morgan fingerprint density at radius 2 is 1.80 bits per heavy atom. The molecular weight excluding hydrogens is 256 g/mol. The average Bonchev–Trinajstić information content (AvgIpc) is 2.26. The van der Waals surface area contributed by atoms with E-state index in [2.05, 4.69) is 20.8 Å². The lowest BCUT2D eigenvalue weighted by atomic mass is 9.62. The van der Waals surface area contributed by atoms with Gasteiger partial charge in [0.25, 0.3) is 0 Å². The summed E-state index contributed by atoms with van der Waals surface area (Å²) in [5.74, 6) is -1.00. The van der Waals surface area contributed by atoms with Gasteiger partial charge in [-0.05, 0) is 38.5 Å². The van der Waals surface area contributed by atoms with Crippen molar-refractivity contribution in [1.82, 2.24) is 0 Å². The van der Waals surface area contributed by atoms with E-state index in [4.69, 9.17) is 9.47 Å². The predicted molar refractivity (Wildman–Crippen MR) is 77.2 cm³/mol. The van der Waals surface area contributed by atoms with Crippen molar-refractivity contribution in [3.63, 3.8) is 0 Å². The van der Waals surface area contributed by atoms with Gasteiger partial charge in [0.1, 0.15) is 12.5 Å². The summed E-state index contributed by atoms with van der Waals surface area (Å²) in [6, 6.07) is 0. The molecule has 1 saturated carbocycles. The highest BCUT2D eigenvalue weighted by molar-refractivity contribution is 5.91. The van der Waals surface area contributed by atoms with Gasteiger partial charge >= 0.3 is 11.9 Å². The molecule has 0 spiro atoms. The monoisotopic (exact) mass is 284 g/mol. The Hall–Kier alpha value is -1.06. The second-order valence-electron chi connectivity index (χ2n) is 6.96. The zero-order chi connectivity index (χ0) is 15.4. The van der Waals surface area contributed by atoms with Crippen molar-refractivity contribution in [2.75, 3.05) is 6.61 Å². The lowest BCUT2D eigenvalue weighted by Gasteiger charge is -2.45. The Balaban J connectivity index is 2.54. The lowest BCUT2D eigenvalue weighted by molar-refractivity contribution is -0.163. The third-order valence-electron chi connectivity index (χ3n) is 4.37. The van der Waals surface area contributed by atoms with Crippen LogP contribution in [0.25, 0.3) is 0 Å². The van der Waals surface area contributed by atoms with Crippen LogP contribution in [0.3, 0.4) is 0 Å². The topological polar surface area (TPSA) is 52.6 Å². The van der Waals surface area contributed by atoms with E-state index in [0.717, 1.165) is 19.3 Å². The van der Waals surface area contributed by atoms with Gasteiger partial charge in [-0.25, -0.2) is 0 Å². The number of rotatable bonds is 5. The minimum absolute atomic E-state index is 0.00787. The minimum Gasteiger partial charge on any atom is -0.466 e. The number of hydrogen-bond donors (Lipinski definition) is 0. The molecule has 20 heavy (non-hydrogen) atoms. The number of esters is 2. The number of carbonyl (C=O) groups excluding carboxylic acids is 2. The molecule has 0 aromatic rings. The molecule has 0 N–H and O–H groups in total. The molecule has 0 bridgehead atoms. The fourth-order valence-corrected chi connectivity index (χ4v) is 3.30. The summed E-state index contributed by atoms with van der Waals surface area (Å²) in [5.41, 5.74) is 0.279. The highest BCUT2D eigenvalue weighted by atomic mass is 16.6. The van der Waals surface area contributed by atoms with Crippen LogP contribution in [0.15, 0.2) is 0 Å². The minimum atomic E-state index is -0.515. The molecule has 2 atom stereocenters. The molecule has 0 heterocycles. The molecule has 4 heteroatoms. The molecule has 0 amide bonds. The molecule has 1 unspecified atom stereocenters. The summed E-state index contributed by atoms with van der Waals surface area (Å²) in [6.07, 6.45) is 3.99. The van der Waals surface area contributed by atoms with Crippen molar-refractivity contribution < 1.29 is 19.1 Å². The number of carbonyl (C=O) groups is 2. The van der Waals surface area contributed by atoms with Crippen molar-refractivity contribution in [3.05, 3.63) is 0 Å². The van der Waals surface area contributed by atoms with Crippen molar-refractivity contribution in [2.45, 2.75) is 72.8 Å². The van der Waals surface area contributed by atoms with Gasteiger partial charge in [-0.2, -0.15) is 0 Å². The molecule has 0 aromatic heterocycles.